The maximum absolute atomic E-state index is 12.5. The lowest BCUT2D eigenvalue weighted by Gasteiger charge is -2.23. The van der Waals surface area contributed by atoms with Crippen LogP contribution >= 0.6 is 0 Å². The van der Waals surface area contributed by atoms with Gasteiger partial charge in [-0.1, -0.05) is 6.07 Å². The number of benzene rings is 1. The van der Waals surface area contributed by atoms with Crippen molar-refractivity contribution < 1.29 is 26.7 Å². The maximum Gasteiger partial charge on any atom is 0.402 e. The Kier molecular flexibility index (Phi) is 5.33. The van der Waals surface area contributed by atoms with Crippen LogP contribution in [0.5, 0.6) is 0 Å². The Hall–Kier alpha value is -1.63. The highest BCUT2D eigenvalue weighted by Crippen LogP contribution is 2.25. The summed E-state index contributed by atoms with van der Waals surface area (Å²) >= 11 is 0. The second-order valence-corrected chi connectivity index (χ2v) is 6.18. The fraction of sp³-hybridized carbons (Fsp3) is 0.417. The van der Waals surface area contributed by atoms with Crippen LogP contribution in [0, 0.1) is 18.3 Å². The first kappa shape index (κ1) is 17.4. The molecule has 0 bridgehead atoms. The summed E-state index contributed by atoms with van der Waals surface area (Å²) in [5.41, 5.74) is 0.245. The number of aryl methyl sites for hydroxylation is 1. The van der Waals surface area contributed by atoms with E-state index in [1.807, 2.05) is 0 Å². The van der Waals surface area contributed by atoms with Crippen molar-refractivity contribution in [3.8, 4) is 6.07 Å². The predicted molar refractivity (Wildman–Crippen MR) is 67.8 cm³/mol. The lowest BCUT2D eigenvalue weighted by atomic mass is 10.2. The molecule has 1 aromatic rings. The molecule has 0 fully saturated rings. The van der Waals surface area contributed by atoms with E-state index < -0.39 is 35.9 Å². The van der Waals surface area contributed by atoms with Gasteiger partial charge in [0.15, 0.2) is 0 Å². The van der Waals surface area contributed by atoms with Crippen molar-refractivity contribution in [2.24, 2.45) is 0 Å². The molecule has 1 aromatic carbocycles. The van der Waals surface area contributed by atoms with Crippen LogP contribution in [-0.2, 0) is 10.0 Å². The van der Waals surface area contributed by atoms with E-state index in [0.29, 0.717) is 0 Å². The highest BCUT2D eigenvalue weighted by atomic mass is 32.2. The van der Waals surface area contributed by atoms with Gasteiger partial charge in [0, 0.05) is 6.54 Å². The van der Waals surface area contributed by atoms with Crippen molar-refractivity contribution in [1.82, 2.24) is 4.31 Å². The Morgan fingerprint density at radius 2 is 2.00 bits per heavy atom. The highest BCUT2D eigenvalue weighted by molar-refractivity contribution is 7.89. The molecular weight excluding hydrogens is 309 g/mol. The van der Waals surface area contributed by atoms with Crippen LogP contribution in [0.15, 0.2) is 23.1 Å². The molecule has 0 aliphatic carbocycles. The van der Waals surface area contributed by atoms with Crippen molar-refractivity contribution in [2.45, 2.75) is 18.0 Å². The summed E-state index contributed by atoms with van der Waals surface area (Å²) in [5.74, 6) is 0. The van der Waals surface area contributed by atoms with Gasteiger partial charge in [-0.25, -0.2) is 8.42 Å². The number of hydrogen-bond acceptors (Lipinski definition) is 4. The highest BCUT2D eigenvalue weighted by Gasteiger charge is 2.37. The molecule has 0 radical (unpaired) electrons. The molecule has 0 saturated heterocycles. The normalized spacial score (nSPS) is 12.4. The molecule has 0 aliphatic heterocycles. The Morgan fingerprint density at radius 3 is 2.48 bits per heavy atom. The maximum atomic E-state index is 12.5. The van der Waals surface area contributed by atoms with Crippen LogP contribution in [0.3, 0.4) is 0 Å². The molecular formula is C12H13F3N2O3S. The molecule has 1 N–H and O–H groups in total. The molecule has 0 spiro atoms. The first-order chi connectivity index (χ1) is 9.61. The predicted octanol–water partition coefficient (Wildman–Crippen LogP) is 1.41. The standard InChI is InChI=1S/C12H13F3N2O3S/c1-9-2-3-10(7-16)6-11(9)21(19,20)17(4-5-18)8-12(13,14)15/h2-3,6,18H,4-5,8H2,1H3. The number of hydrogen-bond donors (Lipinski definition) is 1. The lowest BCUT2D eigenvalue weighted by Crippen LogP contribution is -2.40. The van der Waals surface area contributed by atoms with E-state index in [4.69, 9.17) is 10.4 Å². The molecule has 0 atom stereocenters. The van der Waals surface area contributed by atoms with Gasteiger partial charge in [0.2, 0.25) is 10.0 Å². The molecule has 0 unspecified atom stereocenters. The Balaban J connectivity index is 3.32. The van der Waals surface area contributed by atoms with E-state index in [0.717, 1.165) is 6.07 Å². The summed E-state index contributed by atoms with van der Waals surface area (Å²) in [7, 11) is -4.46. The number of sulfonamides is 1. The number of nitriles is 1. The van der Waals surface area contributed by atoms with Crippen molar-refractivity contribution in [3.63, 3.8) is 0 Å². The van der Waals surface area contributed by atoms with Crippen LogP contribution in [-0.4, -0.2) is 43.7 Å². The molecule has 9 heteroatoms. The number of alkyl halides is 3. The SMILES string of the molecule is Cc1ccc(C#N)cc1S(=O)(=O)N(CCO)CC(F)(F)F. The minimum atomic E-state index is -4.73. The quantitative estimate of drug-likeness (QED) is 0.889. The molecule has 0 amide bonds. The fourth-order valence-electron chi connectivity index (χ4n) is 1.68. The minimum Gasteiger partial charge on any atom is -0.395 e. The Labute approximate surface area is 120 Å². The summed E-state index contributed by atoms with van der Waals surface area (Å²) in [6.07, 6.45) is -4.73. The van der Waals surface area contributed by atoms with Gasteiger partial charge in [0.05, 0.1) is 23.1 Å². The Bertz CT molecular complexity index is 651. The van der Waals surface area contributed by atoms with Gasteiger partial charge in [0.25, 0.3) is 0 Å². The van der Waals surface area contributed by atoms with Crippen molar-refractivity contribution in [1.29, 1.82) is 5.26 Å². The van der Waals surface area contributed by atoms with E-state index in [9.17, 15) is 21.6 Å². The van der Waals surface area contributed by atoms with Crippen molar-refractivity contribution in [3.05, 3.63) is 29.3 Å². The number of aliphatic hydroxyl groups is 1. The lowest BCUT2D eigenvalue weighted by molar-refractivity contribution is -0.136. The van der Waals surface area contributed by atoms with Crippen LogP contribution in [0.1, 0.15) is 11.1 Å². The van der Waals surface area contributed by atoms with Gasteiger partial charge in [0.1, 0.15) is 6.54 Å². The zero-order valence-corrected chi connectivity index (χ0v) is 11.9. The van der Waals surface area contributed by atoms with Gasteiger partial charge in [-0.15, -0.1) is 0 Å². The average Bonchev–Trinajstić information content (AvgIpc) is 2.37. The zero-order chi connectivity index (χ0) is 16.3. The number of rotatable bonds is 5. The van der Waals surface area contributed by atoms with Gasteiger partial charge >= 0.3 is 6.18 Å². The van der Waals surface area contributed by atoms with Crippen molar-refractivity contribution in [2.75, 3.05) is 19.7 Å². The second-order valence-electron chi connectivity index (χ2n) is 4.27. The second kappa shape index (κ2) is 6.43. The first-order valence-electron chi connectivity index (χ1n) is 5.80. The number of aliphatic hydroxyl groups excluding tert-OH is 1. The van der Waals surface area contributed by atoms with E-state index >= 15 is 0 Å². The van der Waals surface area contributed by atoms with Crippen LogP contribution < -0.4 is 0 Å². The summed E-state index contributed by atoms with van der Waals surface area (Å²) < 4.78 is 62.2. The molecule has 0 aromatic heterocycles. The third-order valence-electron chi connectivity index (χ3n) is 2.64. The largest absolute Gasteiger partial charge is 0.402 e. The summed E-state index contributed by atoms with van der Waals surface area (Å²) in [6.45, 7) is -1.71. The van der Waals surface area contributed by atoms with E-state index in [1.54, 1.807) is 6.07 Å². The zero-order valence-electron chi connectivity index (χ0n) is 11.1. The molecule has 0 heterocycles. The van der Waals surface area contributed by atoms with Gasteiger partial charge in [-0.05, 0) is 24.6 Å². The van der Waals surface area contributed by atoms with Crippen LogP contribution in [0.2, 0.25) is 0 Å². The molecule has 0 saturated carbocycles. The topological polar surface area (TPSA) is 81.4 Å². The summed E-state index contributed by atoms with van der Waals surface area (Å²) in [4.78, 5) is -0.376. The molecule has 1 rings (SSSR count). The van der Waals surface area contributed by atoms with E-state index in [-0.39, 0.29) is 20.3 Å². The van der Waals surface area contributed by atoms with E-state index in [1.165, 1.54) is 19.1 Å². The van der Waals surface area contributed by atoms with Crippen molar-refractivity contribution >= 4 is 10.0 Å². The van der Waals surface area contributed by atoms with E-state index in [2.05, 4.69) is 0 Å². The monoisotopic (exact) mass is 322 g/mol. The fourth-order valence-corrected chi connectivity index (χ4v) is 3.35. The average molecular weight is 322 g/mol. The third kappa shape index (κ3) is 4.42. The molecule has 116 valence electrons. The van der Waals surface area contributed by atoms with Crippen LogP contribution in [0.4, 0.5) is 13.2 Å². The van der Waals surface area contributed by atoms with Gasteiger partial charge < -0.3 is 5.11 Å². The smallest absolute Gasteiger partial charge is 0.395 e. The van der Waals surface area contributed by atoms with Gasteiger partial charge in [-0.3, -0.25) is 0 Å². The molecule has 5 nitrogen and oxygen atoms in total. The Morgan fingerprint density at radius 1 is 1.38 bits per heavy atom. The number of nitrogens with zero attached hydrogens (tertiary/aromatic N) is 2. The molecule has 0 aliphatic rings. The first-order valence-corrected chi connectivity index (χ1v) is 7.24. The molecule has 21 heavy (non-hydrogen) atoms. The summed E-state index contributed by atoms with van der Waals surface area (Å²) in [6, 6.07) is 5.46. The van der Waals surface area contributed by atoms with Crippen LogP contribution in [0.25, 0.3) is 0 Å². The summed E-state index contributed by atoms with van der Waals surface area (Å²) in [5, 5.41) is 17.6. The third-order valence-corrected chi connectivity index (χ3v) is 4.63. The van der Waals surface area contributed by atoms with Gasteiger partial charge in [-0.2, -0.15) is 22.7 Å². The minimum absolute atomic E-state index is 0.0233. The number of halogens is 3.